The molecule has 0 saturated carbocycles. The molecule has 0 atom stereocenters. The first kappa shape index (κ1) is 20.3. The third kappa shape index (κ3) is 6.03. The SMILES string of the molecule is COc1ccc(CN=C(NCCc2ccccn2)NCc2nnc(C)n2C)cc1. The highest BCUT2D eigenvalue weighted by molar-refractivity contribution is 5.79. The third-order valence-corrected chi connectivity index (χ3v) is 4.58. The van der Waals surface area contributed by atoms with E-state index in [-0.39, 0.29) is 0 Å². The van der Waals surface area contributed by atoms with Crippen molar-refractivity contribution in [2.45, 2.75) is 26.4 Å². The number of nitrogens with one attached hydrogen (secondary N) is 2. The van der Waals surface area contributed by atoms with Crippen LogP contribution in [0.3, 0.4) is 0 Å². The zero-order valence-corrected chi connectivity index (χ0v) is 17.1. The highest BCUT2D eigenvalue weighted by atomic mass is 16.5. The van der Waals surface area contributed by atoms with Crippen LogP contribution in [0.5, 0.6) is 5.75 Å². The zero-order valence-electron chi connectivity index (χ0n) is 17.1. The lowest BCUT2D eigenvalue weighted by Gasteiger charge is -2.12. The molecule has 0 unspecified atom stereocenters. The van der Waals surface area contributed by atoms with Crippen molar-refractivity contribution in [3.05, 3.63) is 71.6 Å². The standard InChI is InChI=1S/C21H27N7O/c1-16-26-27-20(28(16)2)15-25-21(23-13-11-18-6-4-5-12-22-18)24-14-17-7-9-19(29-3)10-8-17/h4-10,12H,11,13-15H2,1-3H3,(H2,23,24,25). The number of methoxy groups -OCH3 is 1. The Hall–Kier alpha value is -3.42. The molecule has 2 heterocycles. The molecule has 2 aromatic heterocycles. The molecule has 8 nitrogen and oxygen atoms in total. The number of ether oxygens (including phenoxy) is 1. The quantitative estimate of drug-likeness (QED) is 0.450. The number of aliphatic imine (C=N–C) groups is 1. The number of hydrogen-bond acceptors (Lipinski definition) is 5. The van der Waals surface area contributed by atoms with Gasteiger partial charge in [-0.2, -0.15) is 0 Å². The molecule has 0 amide bonds. The van der Waals surface area contributed by atoms with E-state index >= 15 is 0 Å². The van der Waals surface area contributed by atoms with Crippen LogP contribution in [0.2, 0.25) is 0 Å². The number of nitrogens with zero attached hydrogens (tertiary/aromatic N) is 5. The van der Waals surface area contributed by atoms with Crippen LogP contribution in [-0.4, -0.2) is 39.4 Å². The topological polar surface area (TPSA) is 89.2 Å². The Bertz CT molecular complexity index is 920. The lowest BCUT2D eigenvalue weighted by atomic mass is 10.2. The Kier molecular flexibility index (Phi) is 7.16. The van der Waals surface area contributed by atoms with Crippen molar-refractivity contribution in [3.63, 3.8) is 0 Å². The molecule has 0 aliphatic carbocycles. The fourth-order valence-electron chi connectivity index (χ4n) is 2.70. The summed E-state index contributed by atoms with van der Waals surface area (Å²) in [4.78, 5) is 9.07. The number of hydrogen-bond donors (Lipinski definition) is 2. The van der Waals surface area contributed by atoms with Crippen molar-refractivity contribution in [1.82, 2.24) is 30.4 Å². The van der Waals surface area contributed by atoms with E-state index in [4.69, 9.17) is 9.73 Å². The van der Waals surface area contributed by atoms with Crippen molar-refractivity contribution in [2.24, 2.45) is 12.0 Å². The minimum absolute atomic E-state index is 0.537. The Balaban J connectivity index is 1.62. The predicted molar refractivity (Wildman–Crippen MR) is 113 cm³/mol. The van der Waals surface area contributed by atoms with Crippen LogP contribution < -0.4 is 15.4 Å². The zero-order chi connectivity index (χ0) is 20.5. The maximum absolute atomic E-state index is 5.21. The van der Waals surface area contributed by atoms with Gasteiger partial charge in [0.1, 0.15) is 11.6 Å². The van der Waals surface area contributed by atoms with Crippen molar-refractivity contribution >= 4 is 5.96 Å². The lowest BCUT2D eigenvalue weighted by molar-refractivity contribution is 0.414. The van der Waals surface area contributed by atoms with E-state index in [2.05, 4.69) is 25.8 Å². The van der Waals surface area contributed by atoms with Crippen LogP contribution in [0, 0.1) is 6.92 Å². The molecule has 0 aliphatic rings. The molecule has 0 saturated heterocycles. The van der Waals surface area contributed by atoms with Gasteiger partial charge in [0, 0.05) is 31.9 Å². The van der Waals surface area contributed by atoms with Gasteiger partial charge in [-0.05, 0) is 36.8 Å². The minimum atomic E-state index is 0.537. The van der Waals surface area contributed by atoms with Crippen LogP contribution in [0.4, 0.5) is 0 Å². The van der Waals surface area contributed by atoms with Crippen molar-refractivity contribution in [3.8, 4) is 5.75 Å². The fraction of sp³-hybridized carbons (Fsp3) is 0.333. The average molecular weight is 393 g/mol. The molecule has 0 radical (unpaired) electrons. The van der Waals surface area contributed by atoms with Crippen molar-refractivity contribution in [2.75, 3.05) is 13.7 Å². The number of benzene rings is 1. The fourth-order valence-corrected chi connectivity index (χ4v) is 2.70. The highest BCUT2D eigenvalue weighted by Crippen LogP contribution is 2.11. The summed E-state index contributed by atoms with van der Waals surface area (Å²) in [6.45, 7) is 3.75. The van der Waals surface area contributed by atoms with Crippen molar-refractivity contribution < 1.29 is 4.74 Å². The predicted octanol–water partition coefficient (Wildman–Crippen LogP) is 2.01. The van der Waals surface area contributed by atoms with Gasteiger partial charge in [0.2, 0.25) is 0 Å². The minimum Gasteiger partial charge on any atom is -0.497 e. The average Bonchev–Trinajstić information content (AvgIpc) is 3.08. The van der Waals surface area contributed by atoms with Crippen LogP contribution >= 0.6 is 0 Å². The summed E-state index contributed by atoms with van der Waals surface area (Å²) in [6, 6.07) is 13.8. The summed E-state index contributed by atoms with van der Waals surface area (Å²) in [6.07, 6.45) is 2.62. The number of pyridine rings is 1. The van der Waals surface area contributed by atoms with E-state index in [9.17, 15) is 0 Å². The Morgan fingerprint density at radius 2 is 1.93 bits per heavy atom. The monoisotopic (exact) mass is 393 g/mol. The lowest BCUT2D eigenvalue weighted by Crippen LogP contribution is -2.38. The second-order valence-electron chi connectivity index (χ2n) is 6.59. The molecule has 152 valence electrons. The summed E-state index contributed by atoms with van der Waals surface area (Å²) in [5.74, 6) is 3.28. The first-order chi connectivity index (χ1) is 14.2. The van der Waals surface area contributed by atoms with Gasteiger partial charge in [-0.15, -0.1) is 10.2 Å². The summed E-state index contributed by atoms with van der Waals surface area (Å²) >= 11 is 0. The van der Waals surface area contributed by atoms with E-state index in [1.807, 2.05) is 67.2 Å². The summed E-state index contributed by atoms with van der Waals surface area (Å²) < 4.78 is 7.17. The van der Waals surface area contributed by atoms with Gasteiger partial charge in [-0.25, -0.2) is 4.99 Å². The van der Waals surface area contributed by atoms with Gasteiger partial charge in [0.05, 0.1) is 20.2 Å². The van der Waals surface area contributed by atoms with Gasteiger partial charge in [-0.1, -0.05) is 18.2 Å². The highest BCUT2D eigenvalue weighted by Gasteiger charge is 2.06. The number of guanidine groups is 1. The first-order valence-corrected chi connectivity index (χ1v) is 9.55. The summed E-state index contributed by atoms with van der Waals surface area (Å²) in [5.41, 5.74) is 2.14. The number of aromatic nitrogens is 4. The van der Waals surface area contributed by atoms with E-state index in [1.54, 1.807) is 7.11 Å². The second kappa shape index (κ2) is 10.2. The first-order valence-electron chi connectivity index (χ1n) is 9.55. The Labute approximate surface area is 171 Å². The van der Waals surface area contributed by atoms with E-state index in [0.29, 0.717) is 13.1 Å². The van der Waals surface area contributed by atoms with E-state index in [1.165, 1.54) is 0 Å². The molecule has 3 rings (SSSR count). The molecule has 8 heteroatoms. The molecule has 0 fully saturated rings. The van der Waals surface area contributed by atoms with Gasteiger partial charge in [0.15, 0.2) is 11.8 Å². The molecule has 1 aromatic carbocycles. The smallest absolute Gasteiger partial charge is 0.191 e. The van der Waals surface area contributed by atoms with Gasteiger partial charge in [-0.3, -0.25) is 4.98 Å². The van der Waals surface area contributed by atoms with Crippen LogP contribution in [0.1, 0.15) is 22.9 Å². The summed E-state index contributed by atoms with van der Waals surface area (Å²) in [7, 11) is 3.61. The molecular weight excluding hydrogens is 366 g/mol. The maximum Gasteiger partial charge on any atom is 0.191 e. The molecular formula is C21H27N7O. The number of rotatable bonds is 8. The third-order valence-electron chi connectivity index (χ3n) is 4.58. The molecule has 3 aromatic rings. The van der Waals surface area contributed by atoms with Gasteiger partial charge in [0.25, 0.3) is 0 Å². The second-order valence-corrected chi connectivity index (χ2v) is 6.59. The molecule has 0 bridgehead atoms. The molecule has 2 N–H and O–H groups in total. The normalized spacial score (nSPS) is 11.3. The number of aryl methyl sites for hydroxylation is 1. The van der Waals surface area contributed by atoms with Crippen LogP contribution in [-0.2, 0) is 26.6 Å². The molecule has 0 spiro atoms. The Morgan fingerprint density at radius 3 is 2.59 bits per heavy atom. The van der Waals surface area contributed by atoms with Crippen LogP contribution in [0.25, 0.3) is 0 Å². The van der Waals surface area contributed by atoms with Crippen LogP contribution in [0.15, 0.2) is 53.7 Å². The maximum atomic E-state index is 5.21. The van der Waals surface area contributed by atoms with E-state index in [0.717, 1.165) is 47.6 Å². The Morgan fingerprint density at radius 1 is 1.10 bits per heavy atom. The summed E-state index contributed by atoms with van der Waals surface area (Å²) in [5, 5.41) is 15.0. The largest absolute Gasteiger partial charge is 0.497 e. The molecule has 29 heavy (non-hydrogen) atoms. The van der Waals surface area contributed by atoms with Crippen molar-refractivity contribution in [1.29, 1.82) is 0 Å². The van der Waals surface area contributed by atoms with Gasteiger partial charge >= 0.3 is 0 Å². The molecule has 0 aliphatic heterocycles. The van der Waals surface area contributed by atoms with E-state index < -0.39 is 0 Å². The van der Waals surface area contributed by atoms with Gasteiger partial charge < -0.3 is 19.9 Å².